The Kier molecular flexibility index (Phi) is 4.54. The Morgan fingerprint density at radius 2 is 2.44 bits per heavy atom. The van der Waals surface area contributed by atoms with Crippen molar-refractivity contribution >= 4 is 11.6 Å². The summed E-state index contributed by atoms with van der Waals surface area (Å²) in [5, 5.41) is 11.6. The SMILES string of the molecule is C/C=C(\C)NC(O)CCl. The average Bonchev–Trinajstić information content (AvgIpc) is 1.87. The van der Waals surface area contributed by atoms with Gasteiger partial charge in [0.25, 0.3) is 0 Å². The van der Waals surface area contributed by atoms with Gasteiger partial charge in [0.05, 0.1) is 5.88 Å². The molecule has 1 atom stereocenters. The lowest BCUT2D eigenvalue weighted by Gasteiger charge is -2.09. The van der Waals surface area contributed by atoms with Crippen LogP contribution < -0.4 is 5.32 Å². The molecule has 0 fully saturated rings. The molecule has 0 aliphatic rings. The molecule has 0 aromatic carbocycles. The van der Waals surface area contributed by atoms with Crippen molar-refractivity contribution in [3.63, 3.8) is 0 Å². The van der Waals surface area contributed by atoms with E-state index in [0.717, 1.165) is 5.70 Å². The summed E-state index contributed by atoms with van der Waals surface area (Å²) in [4.78, 5) is 0. The summed E-state index contributed by atoms with van der Waals surface area (Å²) < 4.78 is 0. The van der Waals surface area contributed by atoms with Crippen molar-refractivity contribution in [3.8, 4) is 0 Å². The molecule has 54 valence electrons. The zero-order chi connectivity index (χ0) is 7.28. The van der Waals surface area contributed by atoms with E-state index < -0.39 is 6.23 Å². The number of aliphatic hydroxyl groups excluding tert-OH is 1. The summed E-state index contributed by atoms with van der Waals surface area (Å²) in [6.45, 7) is 3.76. The van der Waals surface area contributed by atoms with Crippen LogP contribution in [0.3, 0.4) is 0 Å². The van der Waals surface area contributed by atoms with Gasteiger partial charge >= 0.3 is 0 Å². The Bertz CT molecular complexity index is 103. The molecule has 2 nitrogen and oxygen atoms in total. The van der Waals surface area contributed by atoms with E-state index in [2.05, 4.69) is 5.32 Å². The van der Waals surface area contributed by atoms with Crippen LogP contribution in [0.1, 0.15) is 13.8 Å². The van der Waals surface area contributed by atoms with Gasteiger partial charge in [-0.05, 0) is 13.8 Å². The van der Waals surface area contributed by atoms with Crippen molar-refractivity contribution in [1.29, 1.82) is 0 Å². The number of rotatable bonds is 3. The molecule has 2 N–H and O–H groups in total. The van der Waals surface area contributed by atoms with Gasteiger partial charge in [0.1, 0.15) is 6.23 Å². The minimum atomic E-state index is -0.622. The summed E-state index contributed by atoms with van der Waals surface area (Å²) in [6.07, 6.45) is 1.25. The zero-order valence-electron chi connectivity index (χ0n) is 5.69. The Balaban J connectivity index is 3.47. The molecule has 3 heteroatoms. The molecular weight excluding hydrogens is 138 g/mol. The average molecular weight is 150 g/mol. The molecule has 1 unspecified atom stereocenters. The van der Waals surface area contributed by atoms with Gasteiger partial charge in [-0.15, -0.1) is 11.6 Å². The number of halogens is 1. The molecule has 9 heavy (non-hydrogen) atoms. The lowest BCUT2D eigenvalue weighted by atomic mass is 10.4. The van der Waals surface area contributed by atoms with Crippen LogP contribution in [0.2, 0.25) is 0 Å². The van der Waals surface area contributed by atoms with E-state index in [-0.39, 0.29) is 5.88 Å². The van der Waals surface area contributed by atoms with E-state index in [1.165, 1.54) is 0 Å². The van der Waals surface area contributed by atoms with E-state index in [0.29, 0.717) is 0 Å². The standard InChI is InChI=1S/C6H12ClNO/c1-3-5(2)8-6(9)4-7/h3,6,8-9H,4H2,1-2H3/b5-3+. The van der Waals surface area contributed by atoms with Crippen LogP contribution in [0.5, 0.6) is 0 Å². The molecule has 0 radical (unpaired) electrons. The molecule has 0 aromatic rings. The Morgan fingerprint density at radius 1 is 1.89 bits per heavy atom. The van der Waals surface area contributed by atoms with Crippen molar-refractivity contribution in [1.82, 2.24) is 5.32 Å². The second kappa shape index (κ2) is 4.65. The maximum Gasteiger partial charge on any atom is 0.137 e. The maximum absolute atomic E-state index is 8.88. The number of aliphatic hydroxyl groups is 1. The predicted molar refractivity (Wildman–Crippen MR) is 39.3 cm³/mol. The molecule has 0 aliphatic heterocycles. The highest BCUT2D eigenvalue weighted by Gasteiger charge is 1.97. The van der Waals surface area contributed by atoms with E-state index in [1.807, 2.05) is 19.9 Å². The zero-order valence-corrected chi connectivity index (χ0v) is 6.44. The Hall–Kier alpha value is -0.210. The predicted octanol–water partition coefficient (Wildman–Crippen LogP) is 1.06. The van der Waals surface area contributed by atoms with Gasteiger partial charge in [-0.1, -0.05) is 6.08 Å². The lowest BCUT2D eigenvalue weighted by molar-refractivity contribution is 0.172. The largest absolute Gasteiger partial charge is 0.373 e. The first kappa shape index (κ1) is 8.79. The molecule has 0 aromatic heterocycles. The third kappa shape index (κ3) is 4.30. The van der Waals surface area contributed by atoms with Crippen molar-refractivity contribution in [3.05, 3.63) is 11.8 Å². The first-order valence-electron chi connectivity index (χ1n) is 2.84. The topological polar surface area (TPSA) is 32.3 Å². The quantitative estimate of drug-likeness (QED) is 0.465. The van der Waals surface area contributed by atoms with Crippen LogP contribution >= 0.6 is 11.6 Å². The van der Waals surface area contributed by atoms with E-state index in [4.69, 9.17) is 16.7 Å². The molecule has 0 heterocycles. The van der Waals surface area contributed by atoms with E-state index in [1.54, 1.807) is 0 Å². The van der Waals surface area contributed by atoms with Crippen LogP contribution in [0.25, 0.3) is 0 Å². The number of nitrogens with one attached hydrogen (secondary N) is 1. The summed E-state index contributed by atoms with van der Waals surface area (Å²) >= 11 is 5.31. The summed E-state index contributed by atoms with van der Waals surface area (Å²) in [7, 11) is 0. The summed E-state index contributed by atoms with van der Waals surface area (Å²) in [6, 6.07) is 0. The number of hydrogen-bond acceptors (Lipinski definition) is 2. The highest BCUT2D eigenvalue weighted by atomic mass is 35.5. The van der Waals surface area contributed by atoms with Gasteiger partial charge < -0.3 is 10.4 Å². The van der Waals surface area contributed by atoms with Gasteiger partial charge in [-0.25, -0.2) is 0 Å². The fourth-order valence-corrected chi connectivity index (χ4v) is 0.462. The van der Waals surface area contributed by atoms with Crippen LogP contribution in [0, 0.1) is 0 Å². The van der Waals surface area contributed by atoms with Gasteiger partial charge in [0, 0.05) is 5.70 Å². The fraction of sp³-hybridized carbons (Fsp3) is 0.667. The lowest BCUT2D eigenvalue weighted by Crippen LogP contribution is -2.28. The van der Waals surface area contributed by atoms with Gasteiger partial charge in [-0.2, -0.15) is 0 Å². The van der Waals surface area contributed by atoms with Gasteiger partial charge in [-0.3, -0.25) is 0 Å². The minimum Gasteiger partial charge on any atom is -0.373 e. The minimum absolute atomic E-state index is 0.213. The second-order valence-electron chi connectivity index (χ2n) is 1.79. The highest BCUT2D eigenvalue weighted by Crippen LogP contribution is 1.89. The molecule has 0 saturated carbocycles. The highest BCUT2D eigenvalue weighted by molar-refractivity contribution is 6.18. The molecule has 0 aliphatic carbocycles. The number of hydrogen-bond donors (Lipinski definition) is 2. The summed E-state index contributed by atoms with van der Waals surface area (Å²) in [5.41, 5.74) is 0.933. The molecular formula is C6H12ClNO. The van der Waals surface area contributed by atoms with Crippen molar-refractivity contribution in [2.45, 2.75) is 20.1 Å². The Morgan fingerprint density at radius 3 is 2.78 bits per heavy atom. The summed E-state index contributed by atoms with van der Waals surface area (Å²) in [5.74, 6) is 0.213. The molecule has 0 saturated heterocycles. The normalized spacial score (nSPS) is 15.3. The van der Waals surface area contributed by atoms with Crippen molar-refractivity contribution < 1.29 is 5.11 Å². The first-order chi connectivity index (χ1) is 4.20. The number of allylic oxidation sites excluding steroid dienone is 2. The third-order valence-electron chi connectivity index (χ3n) is 0.973. The fourth-order valence-electron chi connectivity index (χ4n) is 0.385. The van der Waals surface area contributed by atoms with Crippen LogP contribution in [0.4, 0.5) is 0 Å². The second-order valence-corrected chi connectivity index (χ2v) is 2.09. The van der Waals surface area contributed by atoms with Crippen LogP contribution in [-0.2, 0) is 0 Å². The number of alkyl halides is 1. The van der Waals surface area contributed by atoms with Crippen LogP contribution in [-0.4, -0.2) is 17.2 Å². The first-order valence-corrected chi connectivity index (χ1v) is 3.37. The van der Waals surface area contributed by atoms with E-state index in [9.17, 15) is 0 Å². The Labute approximate surface area is 60.5 Å². The van der Waals surface area contributed by atoms with Gasteiger partial charge in [0.2, 0.25) is 0 Å². The smallest absolute Gasteiger partial charge is 0.137 e. The molecule has 0 bridgehead atoms. The monoisotopic (exact) mass is 149 g/mol. The molecule has 0 rings (SSSR count). The third-order valence-corrected chi connectivity index (χ3v) is 1.27. The maximum atomic E-state index is 8.88. The molecule has 0 spiro atoms. The van der Waals surface area contributed by atoms with Crippen LogP contribution in [0.15, 0.2) is 11.8 Å². The van der Waals surface area contributed by atoms with Gasteiger partial charge in [0.15, 0.2) is 0 Å². The van der Waals surface area contributed by atoms with Crippen molar-refractivity contribution in [2.24, 2.45) is 0 Å². The van der Waals surface area contributed by atoms with E-state index >= 15 is 0 Å². The van der Waals surface area contributed by atoms with Crippen molar-refractivity contribution in [2.75, 3.05) is 5.88 Å². The molecule has 0 amide bonds.